The number of hydrogen-bond donors (Lipinski definition) is 2. The van der Waals surface area contributed by atoms with Gasteiger partial charge in [0.25, 0.3) is 0 Å². The van der Waals surface area contributed by atoms with E-state index in [4.69, 9.17) is 0 Å². The molecular weight excluding hydrogens is 272 g/mol. The molecule has 0 bridgehead atoms. The van der Waals surface area contributed by atoms with Crippen molar-refractivity contribution in [2.75, 3.05) is 0 Å². The zero-order valence-corrected chi connectivity index (χ0v) is 12.3. The maximum atomic E-state index is 9.30. The SMILES string of the molecule is Cc1ccc(-c2cncc3[nH]c4cc(CO)ccc4c23)cc1. The van der Waals surface area contributed by atoms with Crippen molar-refractivity contribution < 1.29 is 5.11 Å². The van der Waals surface area contributed by atoms with Crippen LogP contribution in [0, 0.1) is 6.92 Å². The van der Waals surface area contributed by atoms with Gasteiger partial charge in [-0.25, -0.2) is 0 Å². The molecule has 0 spiro atoms. The van der Waals surface area contributed by atoms with Crippen molar-refractivity contribution in [3.8, 4) is 11.1 Å². The van der Waals surface area contributed by atoms with Crippen LogP contribution in [0.1, 0.15) is 11.1 Å². The smallest absolute Gasteiger partial charge is 0.0682 e. The van der Waals surface area contributed by atoms with Crippen molar-refractivity contribution in [3.05, 3.63) is 66.0 Å². The number of nitrogens with one attached hydrogen (secondary N) is 1. The Hall–Kier alpha value is -2.65. The Labute approximate surface area is 128 Å². The number of rotatable bonds is 2. The molecule has 2 N–H and O–H groups in total. The second-order valence-electron chi connectivity index (χ2n) is 5.64. The van der Waals surface area contributed by atoms with Gasteiger partial charge < -0.3 is 10.1 Å². The lowest BCUT2D eigenvalue weighted by Gasteiger charge is -2.04. The van der Waals surface area contributed by atoms with Crippen molar-refractivity contribution in [3.63, 3.8) is 0 Å². The van der Waals surface area contributed by atoms with E-state index in [9.17, 15) is 5.11 Å². The maximum absolute atomic E-state index is 9.30. The van der Waals surface area contributed by atoms with Gasteiger partial charge in [-0.1, -0.05) is 42.0 Å². The van der Waals surface area contributed by atoms with Crippen LogP contribution in [0.2, 0.25) is 0 Å². The molecule has 22 heavy (non-hydrogen) atoms. The number of aliphatic hydroxyl groups is 1. The van der Waals surface area contributed by atoms with Gasteiger partial charge in [0.2, 0.25) is 0 Å². The van der Waals surface area contributed by atoms with E-state index in [1.807, 2.05) is 24.5 Å². The van der Waals surface area contributed by atoms with Gasteiger partial charge in [0, 0.05) is 28.0 Å². The van der Waals surface area contributed by atoms with Crippen LogP contribution in [0.15, 0.2) is 54.9 Å². The Balaban J connectivity index is 2.04. The molecule has 0 fully saturated rings. The first-order chi connectivity index (χ1) is 10.8. The molecule has 2 aromatic heterocycles. The van der Waals surface area contributed by atoms with E-state index in [0.717, 1.165) is 33.1 Å². The van der Waals surface area contributed by atoms with Crippen molar-refractivity contribution in [1.29, 1.82) is 0 Å². The molecule has 0 saturated carbocycles. The van der Waals surface area contributed by atoms with Crippen LogP contribution >= 0.6 is 0 Å². The first-order valence-corrected chi connectivity index (χ1v) is 7.32. The fourth-order valence-electron chi connectivity index (χ4n) is 2.95. The molecule has 108 valence electrons. The van der Waals surface area contributed by atoms with Crippen LogP contribution in [0.3, 0.4) is 0 Å². The standard InChI is InChI=1S/C19H16N2O/c1-12-2-5-14(6-3-12)16-9-20-10-18-19(16)15-7-4-13(11-22)8-17(15)21-18/h2-10,21-22H,11H2,1H3. The molecule has 0 unspecified atom stereocenters. The monoisotopic (exact) mass is 288 g/mol. The quantitative estimate of drug-likeness (QED) is 0.581. The zero-order chi connectivity index (χ0) is 15.1. The first kappa shape index (κ1) is 13.0. The molecule has 2 aromatic carbocycles. The maximum Gasteiger partial charge on any atom is 0.0682 e. The van der Waals surface area contributed by atoms with E-state index >= 15 is 0 Å². The molecule has 4 rings (SSSR count). The number of aliphatic hydroxyl groups excluding tert-OH is 1. The topological polar surface area (TPSA) is 48.9 Å². The van der Waals surface area contributed by atoms with Gasteiger partial charge in [-0.3, -0.25) is 4.98 Å². The molecule has 0 aliphatic rings. The van der Waals surface area contributed by atoms with E-state index in [0.29, 0.717) is 0 Å². The third-order valence-electron chi connectivity index (χ3n) is 4.11. The van der Waals surface area contributed by atoms with E-state index in [1.54, 1.807) is 0 Å². The van der Waals surface area contributed by atoms with E-state index in [1.165, 1.54) is 10.9 Å². The van der Waals surface area contributed by atoms with Crippen molar-refractivity contribution in [1.82, 2.24) is 9.97 Å². The molecule has 0 saturated heterocycles. The molecule has 2 heterocycles. The lowest BCUT2D eigenvalue weighted by atomic mass is 10.0. The Bertz CT molecular complexity index is 968. The highest BCUT2D eigenvalue weighted by Crippen LogP contribution is 2.34. The normalized spacial score (nSPS) is 11.4. The largest absolute Gasteiger partial charge is 0.392 e. The third-order valence-corrected chi connectivity index (χ3v) is 4.11. The molecule has 0 aliphatic carbocycles. The minimum absolute atomic E-state index is 0.0500. The van der Waals surface area contributed by atoms with Crippen molar-refractivity contribution in [2.45, 2.75) is 13.5 Å². The number of H-pyrrole nitrogens is 1. The number of hydrogen-bond acceptors (Lipinski definition) is 2. The van der Waals surface area contributed by atoms with Gasteiger partial charge in [0.05, 0.1) is 18.3 Å². The summed E-state index contributed by atoms with van der Waals surface area (Å²) in [5.41, 5.74) is 6.49. The highest BCUT2D eigenvalue weighted by Gasteiger charge is 2.11. The number of pyridine rings is 1. The Morgan fingerprint density at radius 3 is 2.59 bits per heavy atom. The molecular formula is C19H16N2O. The lowest BCUT2D eigenvalue weighted by Crippen LogP contribution is -1.83. The summed E-state index contributed by atoms with van der Waals surface area (Å²) in [6, 6.07) is 14.5. The molecule has 4 aromatic rings. The fourth-order valence-corrected chi connectivity index (χ4v) is 2.95. The second-order valence-corrected chi connectivity index (χ2v) is 5.64. The van der Waals surface area contributed by atoms with Crippen LogP contribution in [-0.2, 0) is 6.61 Å². The van der Waals surface area contributed by atoms with Crippen LogP contribution in [0.5, 0.6) is 0 Å². The fraction of sp³-hybridized carbons (Fsp3) is 0.105. The van der Waals surface area contributed by atoms with Crippen LogP contribution in [0.25, 0.3) is 32.9 Å². The van der Waals surface area contributed by atoms with Gasteiger partial charge >= 0.3 is 0 Å². The summed E-state index contributed by atoms with van der Waals surface area (Å²) in [4.78, 5) is 7.77. The molecule has 3 heteroatoms. The van der Waals surface area contributed by atoms with Crippen LogP contribution in [0.4, 0.5) is 0 Å². The number of aromatic nitrogens is 2. The number of aromatic amines is 1. The summed E-state index contributed by atoms with van der Waals surface area (Å²) in [5.74, 6) is 0. The summed E-state index contributed by atoms with van der Waals surface area (Å²) in [5, 5.41) is 11.6. The molecule has 0 atom stereocenters. The summed E-state index contributed by atoms with van der Waals surface area (Å²) in [6.07, 6.45) is 3.77. The summed E-state index contributed by atoms with van der Waals surface area (Å²) in [7, 11) is 0. The van der Waals surface area contributed by atoms with Gasteiger partial charge in [-0.15, -0.1) is 0 Å². The Kier molecular flexibility index (Phi) is 2.94. The number of benzene rings is 2. The van der Waals surface area contributed by atoms with Crippen LogP contribution in [-0.4, -0.2) is 15.1 Å². The third kappa shape index (κ3) is 1.98. The summed E-state index contributed by atoms with van der Waals surface area (Å²) < 4.78 is 0. The highest BCUT2D eigenvalue weighted by atomic mass is 16.3. The van der Waals surface area contributed by atoms with E-state index in [-0.39, 0.29) is 6.61 Å². The lowest BCUT2D eigenvalue weighted by molar-refractivity contribution is 0.282. The Morgan fingerprint density at radius 2 is 1.82 bits per heavy atom. The van der Waals surface area contributed by atoms with Crippen molar-refractivity contribution in [2.24, 2.45) is 0 Å². The summed E-state index contributed by atoms with van der Waals surface area (Å²) in [6.45, 7) is 2.14. The van der Waals surface area contributed by atoms with Gasteiger partial charge in [0.1, 0.15) is 0 Å². The average molecular weight is 288 g/mol. The molecule has 0 aliphatic heterocycles. The number of nitrogens with zero attached hydrogens (tertiary/aromatic N) is 1. The minimum Gasteiger partial charge on any atom is -0.392 e. The van der Waals surface area contributed by atoms with Crippen LogP contribution < -0.4 is 0 Å². The van der Waals surface area contributed by atoms with Crippen molar-refractivity contribution >= 4 is 21.8 Å². The Morgan fingerprint density at radius 1 is 1.00 bits per heavy atom. The second kappa shape index (κ2) is 4.97. The summed E-state index contributed by atoms with van der Waals surface area (Å²) >= 11 is 0. The number of fused-ring (bicyclic) bond motifs is 3. The van der Waals surface area contributed by atoms with Gasteiger partial charge in [0.15, 0.2) is 0 Å². The average Bonchev–Trinajstić information content (AvgIpc) is 2.93. The predicted molar refractivity (Wildman–Crippen MR) is 89.7 cm³/mol. The first-order valence-electron chi connectivity index (χ1n) is 7.32. The van der Waals surface area contributed by atoms with Gasteiger partial charge in [-0.2, -0.15) is 0 Å². The molecule has 3 nitrogen and oxygen atoms in total. The molecule has 0 amide bonds. The number of aryl methyl sites for hydroxylation is 1. The highest BCUT2D eigenvalue weighted by molar-refractivity contribution is 6.13. The zero-order valence-electron chi connectivity index (χ0n) is 12.3. The van der Waals surface area contributed by atoms with Gasteiger partial charge in [-0.05, 0) is 24.1 Å². The molecule has 0 radical (unpaired) electrons. The van der Waals surface area contributed by atoms with E-state index in [2.05, 4.69) is 47.2 Å². The predicted octanol–water partition coefficient (Wildman–Crippen LogP) is 4.18. The van der Waals surface area contributed by atoms with E-state index < -0.39 is 0 Å². The minimum atomic E-state index is 0.0500.